The van der Waals surface area contributed by atoms with Crippen LogP contribution >= 0.6 is 0 Å². The summed E-state index contributed by atoms with van der Waals surface area (Å²) < 4.78 is 5.59. The van der Waals surface area contributed by atoms with Gasteiger partial charge in [0.1, 0.15) is 0 Å². The third-order valence-electron chi connectivity index (χ3n) is 3.59. The second kappa shape index (κ2) is 2.78. The predicted octanol–water partition coefficient (Wildman–Crippen LogP) is 2.99. The first-order valence-corrected chi connectivity index (χ1v) is 4.57. The Bertz CT molecular complexity index is 140. The summed E-state index contributed by atoms with van der Waals surface area (Å²) >= 11 is 0. The Morgan fingerprint density at radius 2 is 1.55 bits per heavy atom. The topological polar surface area (TPSA) is 9.23 Å². The molecule has 0 bridgehead atoms. The monoisotopic (exact) mass is 156 g/mol. The Balaban J connectivity index is 2.74. The van der Waals surface area contributed by atoms with E-state index < -0.39 is 0 Å². The lowest BCUT2D eigenvalue weighted by molar-refractivity contribution is -0.111. The lowest BCUT2D eigenvalue weighted by Gasteiger charge is -2.46. The average Bonchev–Trinajstić information content (AvgIpc) is 1.95. The van der Waals surface area contributed by atoms with Crippen molar-refractivity contribution in [1.82, 2.24) is 0 Å². The van der Waals surface area contributed by atoms with Gasteiger partial charge in [0.05, 0.1) is 5.60 Å². The zero-order chi connectivity index (χ0) is 8.54. The molecule has 1 aliphatic carbocycles. The summed E-state index contributed by atoms with van der Waals surface area (Å²) in [5.41, 5.74) is 0.477. The first kappa shape index (κ1) is 9.05. The molecule has 1 saturated carbocycles. The van der Waals surface area contributed by atoms with Gasteiger partial charge in [0.15, 0.2) is 0 Å². The van der Waals surface area contributed by atoms with Crippen molar-refractivity contribution in [2.45, 2.75) is 52.1 Å². The van der Waals surface area contributed by atoms with Gasteiger partial charge in [0.2, 0.25) is 0 Å². The Labute approximate surface area is 70.1 Å². The maximum atomic E-state index is 5.59. The van der Waals surface area contributed by atoms with Crippen molar-refractivity contribution in [2.75, 3.05) is 7.11 Å². The first-order valence-electron chi connectivity index (χ1n) is 4.57. The minimum atomic E-state index is 0.116. The molecule has 1 heteroatoms. The van der Waals surface area contributed by atoms with Crippen molar-refractivity contribution in [2.24, 2.45) is 5.41 Å². The summed E-state index contributed by atoms with van der Waals surface area (Å²) in [5, 5.41) is 0. The van der Waals surface area contributed by atoms with Crippen LogP contribution in [-0.2, 0) is 4.74 Å². The van der Waals surface area contributed by atoms with Crippen LogP contribution in [0.15, 0.2) is 0 Å². The molecule has 0 radical (unpaired) electrons. The Morgan fingerprint density at radius 1 is 1.00 bits per heavy atom. The summed E-state index contributed by atoms with van der Waals surface area (Å²) in [5.74, 6) is 0. The SMILES string of the molecule is COC1(C)CCCCC1(C)C. The van der Waals surface area contributed by atoms with Crippen LogP contribution in [0.4, 0.5) is 0 Å². The van der Waals surface area contributed by atoms with Gasteiger partial charge in [0.25, 0.3) is 0 Å². The van der Waals surface area contributed by atoms with Gasteiger partial charge in [-0.1, -0.05) is 26.7 Å². The molecule has 1 nitrogen and oxygen atoms in total. The maximum Gasteiger partial charge on any atom is 0.0701 e. The number of rotatable bonds is 1. The minimum absolute atomic E-state index is 0.116. The standard InChI is InChI=1S/C10H20O/c1-9(2)7-5-6-8-10(9,3)11-4/h5-8H2,1-4H3. The predicted molar refractivity (Wildman–Crippen MR) is 47.7 cm³/mol. The van der Waals surface area contributed by atoms with Crippen molar-refractivity contribution in [1.29, 1.82) is 0 Å². The summed E-state index contributed by atoms with van der Waals surface area (Å²) in [6, 6.07) is 0. The summed E-state index contributed by atoms with van der Waals surface area (Å²) in [6.07, 6.45) is 5.22. The van der Waals surface area contributed by atoms with E-state index in [1.54, 1.807) is 0 Å². The molecule has 1 unspecified atom stereocenters. The van der Waals surface area contributed by atoms with Crippen molar-refractivity contribution >= 4 is 0 Å². The van der Waals surface area contributed by atoms with Gasteiger partial charge in [-0.05, 0) is 25.2 Å². The van der Waals surface area contributed by atoms with Gasteiger partial charge < -0.3 is 4.74 Å². The van der Waals surface area contributed by atoms with Crippen molar-refractivity contribution in [3.63, 3.8) is 0 Å². The maximum absolute atomic E-state index is 5.59. The van der Waals surface area contributed by atoms with Crippen LogP contribution in [0.1, 0.15) is 46.5 Å². The van der Waals surface area contributed by atoms with Crippen LogP contribution in [0.3, 0.4) is 0 Å². The lowest BCUT2D eigenvalue weighted by atomic mass is 9.66. The molecule has 0 N–H and O–H groups in total. The fraction of sp³-hybridized carbons (Fsp3) is 1.00. The largest absolute Gasteiger partial charge is 0.378 e. The molecule has 66 valence electrons. The average molecular weight is 156 g/mol. The van der Waals surface area contributed by atoms with Gasteiger partial charge in [-0.15, -0.1) is 0 Å². The van der Waals surface area contributed by atoms with Gasteiger partial charge in [-0.25, -0.2) is 0 Å². The molecule has 0 spiro atoms. The van der Waals surface area contributed by atoms with E-state index in [-0.39, 0.29) is 5.60 Å². The first-order chi connectivity index (χ1) is 5.02. The van der Waals surface area contributed by atoms with Gasteiger partial charge in [-0.2, -0.15) is 0 Å². The highest BCUT2D eigenvalue weighted by molar-refractivity contribution is 4.94. The second-order valence-electron chi connectivity index (χ2n) is 4.53. The van der Waals surface area contributed by atoms with E-state index in [9.17, 15) is 0 Å². The molecule has 1 atom stereocenters. The molecule has 11 heavy (non-hydrogen) atoms. The summed E-state index contributed by atoms with van der Waals surface area (Å²) in [6.45, 7) is 6.87. The smallest absolute Gasteiger partial charge is 0.0701 e. The number of hydrogen-bond donors (Lipinski definition) is 0. The van der Waals surface area contributed by atoms with Crippen LogP contribution < -0.4 is 0 Å². The molecular formula is C10H20O. The zero-order valence-electron chi connectivity index (χ0n) is 8.24. The Kier molecular flexibility index (Phi) is 2.29. The van der Waals surface area contributed by atoms with Gasteiger partial charge in [0, 0.05) is 7.11 Å². The number of ether oxygens (including phenoxy) is 1. The van der Waals surface area contributed by atoms with Crippen LogP contribution in [0.25, 0.3) is 0 Å². The quantitative estimate of drug-likeness (QED) is 0.567. The van der Waals surface area contributed by atoms with E-state index in [2.05, 4.69) is 20.8 Å². The van der Waals surface area contributed by atoms with Gasteiger partial charge >= 0.3 is 0 Å². The fourth-order valence-corrected chi connectivity index (χ4v) is 2.01. The highest BCUT2D eigenvalue weighted by atomic mass is 16.5. The molecule has 1 rings (SSSR count). The van der Waals surface area contributed by atoms with E-state index in [4.69, 9.17) is 4.74 Å². The van der Waals surface area contributed by atoms with E-state index in [0.29, 0.717) is 5.41 Å². The van der Waals surface area contributed by atoms with Crippen LogP contribution in [0.2, 0.25) is 0 Å². The molecule has 1 aliphatic rings. The minimum Gasteiger partial charge on any atom is -0.378 e. The van der Waals surface area contributed by atoms with E-state index in [0.717, 1.165) is 0 Å². The summed E-state index contributed by atoms with van der Waals surface area (Å²) in [7, 11) is 1.84. The molecule has 0 aromatic heterocycles. The van der Waals surface area contributed by atoms with Crippen molar-refractivity contribution in [3.8, 4) is 0 Å². The molecule has 1 fully saturated rings. The van der Waals surface area contributed by atoms with Gasteiger partial charge in [-0.3, -0.25) is 0 Å². The van der Waals surface area contributed by atoms with Crippen molar-refractivity contribution in [3.05, 3.63) is 0 Å². The molecule has 0 aromatic carbocycles. The fourth-order valence-electron chi connectivity index (χ4n) is 2.01. The summed E-state index contributed by atoms with van der Waals surface area (Å²) in [4.78, 5) is 0. The molecule has 0 saturated heterocycles. The highest BCUT2D eigenvalue weighted by Crippen LogP contribution is 2.45. The third-order valence-corrected chi connectivity index (χ3v) is 3.59. The van der Waals surface area contributed by atoms with Crippen LogP contribution in [0, 0.1) is 5.41 Å². The number of methoxy groups -OCH3 is 1. The molecular weight excluding hydrogens is 136 g/mol. The Morgan fingerprint density at radius 3 is 1.91 bits per heavy atom. The second-order valence-corrected chi connectivity index (χ2v) is 4.53. The molecule has 0 heterocycles. The normalized spacial score (nSPS) is 37.1. The molecule has 0 aliphatic heterocycles. The van der Waals surface area contributed by atoms with Crippen LogP contribution in [0.5, 0.6) is 0 Å². The number of hydrogen-bond acceptors (Lipinski definition) is 1. The van der Waals surface area contributed by atoms with Crippen LogP contribution in [-0.4, -0.2) is 12.7 Å². The van der Waals surface area contributed by atoms with E-state index >= 15 is 0 Å². The van der Waals surface area contributed by atoms with E-state index in [1.165, 1.54) is 25.7 Å². The van der Waals surface area contributed by atoms with Crippen molar-refractivity contribution < 1.29 is 4.74 Å². The third kappa shape index (κ3) is 1.44. The molecule has 0 amide bonds. The zero-order valence-corrected chi connectivity index (χ0v) is 8.24. The highest BCUT2D eigenvalue weighted by Gasteiger charge is 2.42. The van der Waals surface area contributed by atoms with E-state index in [1.807, 2.05) is 7.11 Å². The molecule has 0 aromatic rings. The Hall–Kier alpha value is -0.0400. The lowest BCUT2D eigenvalue weighted by Crippen LogP contribution is -2.45.